The SMILES string of the molecule is CSN(C)CCC1CCN(C(=O)N(C)C(C)C)CC1. The fourth-order valence-electron chi connectivity index (χ4n) is 2.31. The molecule has 1 heterocycles. The standard InChI is InChI=1S/C14H29N3OS/c1-12(2)16(4)14(18)17-10-7-13(8-11-17)6-9-15(3)19-5/h12-13H,6-11H2,1-5H3. The lowest BCUT2D eigenvalue weighted by Crippen LogP contribution is -2.47. The molecule has 1 fully saturated rings. The third-order valence-corrected chi connectivity index (χ3v) is 4.93. The van der Waals surface area contributed by atoms with Gasteiger partial charge >= 0.3 is 6.03 Å². The van der Waals surface area contributed by atoms with Gasteiger partial charge in [-0.05, 0) is 52.3 Å². The van der Waals surface area contributed by atoms with Crippen LogP contribution in [0.1, 0.15) is 33.1 Å². The third-order valence-electron chi connectivity index (χ3n) is 4.13. The number of hydrogen-bond acceptors (Lipinski definition) is 3. The summed E-state index contributed by atoms with van der Waals surface area (Å²) in [5.74, 6) is 0.781. The first-order chi connectivity index (χ1) is 8.95. The number of amides is 2. The average Bonchev–Trinajstić information content (AvgIpc) is 2.43. The molecule has 1 aliphatic rings. The Labute approximate surface area is 122 Å². The zero-order chi connectivity index (χ0) is 14.4. The number of carbonyl (C=O) groups excluding carboxylic acids is 1. The van der Waals surface area contributed by atoms with Crippen molar-refractivity contribution in [1.29, 1.82) is 0 Å². The molecule has 0 aromatic heterocycles. The molecule has 0 radical (unpaired) electrons. The van der Waals surface area contributed by atoms with E-state index in [1.807, 2.05) is 16.8 Å². The van der Waals surface area contributed by atoms with Crippen molar-refractivity contribution in [3.8, 4) is 0 Å². The largest absolute Gasteiger partial charge is 0.325 e. The molecule has 0 spiro atoms. The number of piperidine rings is 1. The fraction of sp³-hybridized carbons (Fsp3) is 0.929. The lowest BCUT2D eigenvalue weighted by Gasteiger charge is -2.36. The number of rotatable bonds is 5. The summed E-state index contributed by atoms with van der Waals surface area (Å²) in [5, 5.41) is 0. The minimum absolute atomic E-state index is 0.190. The molecule has 4 nitrogen and oxygen atoms in total. The van der Waals surface area contributed by atoms with E-state index < -0.39 is 0 Å². The number of urea groups is 1. The van der Waals surface area contributed by atoms with E-state index >= 15 is 0 Å². The Morgan fingerprint density at radius 2 is 1.89 bits per heavy atom. The minimum atomic E-state index is 0.190. The van der Waals surface area contributed by atoms with Crippen molar-refractivity contribution in [2.24, 2.45) is 5.92 Å². The summed E-state index contributed by atoms with van der Waals surface area (Å²) in [6.07, 6.45) is 5.67. The normalized spacial score (nSPS) is 17.3. The van der Waals surface area contributed by atoms with Crippen LogP contribution in [0.3, 0.4) is 0 Å². The second-order valence-electron chi connectivity index (χ2n) is 5.74. The molecular weight excluding hydrogens is 258 g/mol. The number of likely N-dealkylation sites (tertiary alicyclic amines) is 1. The second kappa shape index (κ2) is 8.00. The van der Waals surface area contributed by atoms with E-state index in [0.717, 1.165) is 38.4 Å². The van der Waals surface area contributed by atoms with Gasteiger partial charge in [0, 0.05) is 32.7 Å². The summed E-state index contributed by atoms with van der Waals surface area (Å²) >= 11 is 1.79. The van der Waals surface area contributed by atoms with Gasteiger partial charge in [0.25, 0.3) is 0 Å². The molecule has 2 amide bonds. The summed E-state index contributed by atoms with van der Waals surface area (Å²) in [6, 6.07) is 0.468. The summed E-state index contributed by atoms with van der Waals surface area (Å²) in [7, 11) is 4.04. The molecular formula is C14H29N3OS. The van der Waals surface area contributed by atoms with Crippen LogP contribution in [-0.4, -0.2) is 66.2 Å². The predicted octanol–water partition coefficient (Wildman–Crippen LogP) is 2.76. The van der Waals surface area contributed by atoms with Crippen molar-refractivity contribution in [1.82, 2.24) is 14.1 Å². The van der Waals surface area contributed by atoms with Gasteiger partial charge in [-0.25, -0.2) is 4.79 Å². The van der Waals surface area contributed by atoms with E-state index in [9.17, 15) is 4.79 Å². The van der Waals surface area contributed by atoms with Gasteiger partial charge in [0.15, 0.2) is 0 Å². The van der Waals surface area contributed by atoms with Gasteiger partial charge in [-0.2, -0.15) is 0 Å². The van der Waals surface area contributed by atoms with Gasteiger partial charge in [-0.15, -0.1) is 0 Å². The Hall–Kier alpha value is -0.420. The number of carbonyl (C=O) groups is 1. The average molecular weight is 287 g/mol. The van der Waals surface area contributed by atoms with E-state index in [0.29, 0.717) is 0 Å². The highest BCUT2D eigenvalue weighted by Gasteiger charge is 2.25. The Morgan fingerprint density at radius 1 is 1.32 bits per heavy atom. The van der Waals surface area contributed by atoms with Gasteiger partial charge in [-0.3, -0.25) is 4.31 Å². The van der Waals surface area contributed by atoms with E-state index in [2.05, 4.69) is 31.5 Å². The predicted molar refractivity (Wildman–Crippen MR) is 83.4 cm³/mol. The van der Waals surface area contributed by atoms with Crippen LogP contribution in [0.4, 0.5) is 4.79 Å². The van der Waals surface area contributed by atoms with E-state index in [4.69, 9.17) is 0 Å². The summed E-state index contributed by atoms with van der Waals surface area (Å²) in [6.45, 7) is 7.10. The van der Waals surface area contributed by atoms with Gasteiger partial charge in [0.1, 0.15) is 0 Å². The summed E-state index contributed by atoms with van der Waals surface area (Å²) < 4.78 is 2.28. The summed E-state index contributed by atoms with van der Waals surface area (Å²) in [5.41, 5.74) is 0. The molecule has 0 N–H and O–H groups in total. The van der Waals surface area contributed by atoms with Crippen molar-refractivity contribution in [2.45, 2.75) is 39.2 Å². The molecule has 0 aromatic rings. The molecule has 5 heteroatoms. The lowest BCUT2D eigenvalue weighted by molar-refractivity contribution is 0.130. The van der Waals surface area contributed by atoms with Crippen LogP contribution in [0.15, 0.2) is 0 Å². The monoisotopic (exact) mass is 287 g/mol. The number of nitrogens with zero attached hydrogens (tertiary/aromatic N) is 3. The molecule has 0 bridgehead atoms. The van der Waals surface area contributed by atoms with E-state index in [1.165, 1.54) is 6.42 Å². The van der Waals surface area contributed by atoms with Crippen LogP contribution in [-0.2, 0) is 0 Å². The third kappa shape index (κ3) is 5.22. The lowest BCUT2D eigenvalue weighted by atomic mass is 9.94. The summed E-state index contributed by atoms with van der Waals surface area (Å²) in [4.78, 5) is 16.0. The van der Waals surface area contributed by atoms with Crippen LogP contribution in [0.5, 0.6) is 0 Å². The second-order valence-corrected chi connectivity index (χ2v) is 6.73. The van der Waals surface area contributed by atoms with Crippen molar-refractivity contribution in [3.05, 3.63) is 0 Å². The zero-order valence-corrected chi connectivity index (χ0v) is 13.9. The van der Waals surface area contributed by atoms with Crippen molar-refractivity contribution in [2.75, 3.05) is 40.0 Å². The molecule has 1 saturated heterocycles. The maximum absolute atomic E-state index is 12.2. The van der Waals surface area contributed by atoms with Crippen molar-refractivity contribution >= 4 is 18.0 Å². The van der Waals surface area contributed by atoms with Crippen LogP contribution < -0.4 is 0 Å². The van der Waals surface area contributed by atoms with E-state index in [-0.39, 0.29) is 12.1 Å². The van der Waals surface area contributed by atoms with Gasteiger partial charge in [0.2, 0.25) is 0 Å². The van der Waals surface area contributed by atoms with Crippen LogP contribution in [0.2, 0.25) is 0 Å². The van der Waals surface area contributed by atoms with Crippen LogP contribution >= 0.6 is 11.9 Å². The maximum Gasteiger partial charge on any atom is 0.319 e. The van der Waals surface area contributed by atoms with Gasteiger partial charge in [0.05, 0.1) is 0 Å². The van der Waals surface area contributed by atoms with Crippen molar-refractivity contribution in [3.63, 3.8) is 0 Å². The molecule has 112 valence electrons. The fourth-order valence-corrected chi connectivity index (χ4v) is 2.60. The first kappa shape index (κ1) is 16.6. The Kier molecular flexibility index (Phi) is 7.00. The molecule has 1 aliphatic heterocycles. The smallest absolute Gasteiger partial charge is 0.319 e. The first-order valence-electron chi connectivity index (χ1n) is 7.22. The molecule has 0 saturated carbocycles. The Morgan fingerprint density at radius 3 is 2.37 bits per heavy atom. The number of hydrogen-bond donors (Lipinski definition) is 0. The highest BCUT2D eigenvalue weighted by atomic mass is 32.2. The molecule has 1 rings (SSSR count). The molecule has 0 unspecified atom stereocenters. The zero-order valence-electron chi connectivity index (χ0n) is 13.1. The van der Waals surface area contributed by atoms with Crippen LogP contribution in [0.25, 0.3) is 0 Å². The van der Waals surface area contributed by atoms with Crippen molar-refractivity contribution < 1.29 is 4.79 Å². The molecule has 0 atom stereocenters. The Balaban J connectivity index is 2.30. The van der Waals surface area contributed by atoms with Crippen LogP contribution in [0, 0.1) is 5.92 Å². The minimum Gasteiger partial charge on any atom is -0.325 e. The molecule has 0 aliphatic carbocycles. The Bertz CT molecular complexity index is 278. The highest BCUT2D eigenvalue weighted by molar-refractivity contribution is 7.96. The maximum atomic E-state index is 12.2. The van der Waals surface area contributed by atoms with Gasteiger partial charge in [-0.1, -0.05) is 11.9 Å². The quantitative estimate of drug-likeness (QED) is 0.728. The highest BCUT2D eigenvalue weighted by Crippen LogP contribution is 2.22. The molecule has 19 heavy (non-hydrogen) atoms. The van der Waals surface area contributed by atoms with E-state index in [1.54, 1.807) is 11.9 Å². The topological polar surface area (TPSA) is 26.8 Å². The first-order valence-corrected chi connectivity index (χ1v) is 8.40. The van der Waals surface area contributed by atoms with Gasteiger partial charge < -0.3 is 9.80 Å². The molecule has 0 aromatic carbocycles.